The van der Waals surface area contributed by atoms with E-state index in [0.717, 1.165) is 10.4 Å². The summed E-state index contributed by atoms with van der Waals surface area (Å²) < 4.78 is 10.7. The van der Waals surface area contributed by atoms with Crippen molar-refractivity contribution in [1.82, 2.24) is 4.90 Å². The normalized spacial score (nSPS) is 12.9. The van der Waals surface area contributed by atoms with Gasteiger partial charge in [-0.2, -0.15) is 0 Å². The monoisotopic (exact) mass is 403 g/mol. The van der Waals surface area contributed by atoms with Gasteiger partial charge in [-0.3, -0.25) is 14.4 Å². The molecule has 1 aromatic carbocycles. The molecule has 28 heavy (non-hydrogen) atoms. The molecule has 2 aromatic rings. The van der Waals surface area contributed by atoms with Gasteiger partial charge >= 0.3 is 0 Å². The van der Waals surface area contributed by atoms with Crippen molar-refractivity contribution in [3.05, 3.63) is 40.3 Å². The number of para-hydroxylation sites is 2. The highest BCUT2D eigenvalue weighted by molar-refractivity contribution is 7.17. The average Bonchev–Trinajstić information content (AvgIpc) is 3.03. The third-order valence-corrected chi connectivity index (χ3v) is 5.56. The first-order chi connectivity index (χ1) is 13.4. The molecule has 0 radical (unpaired) electrons. The highest BCUT2D eigenvalue weighted by atomic mass is 32.1. The zero-order valence-electron chi connectivity index (χ0n) is 15.6. The van der Waals surface area contributed by atoms with Gasteiger partial charge in [-0.25, -0.2) is 0 Å². The number of benzene rings is 1. The van der Waals surface area contributed by atoms with Crippen LogP contribution in [-0.4, -0.2) is 42.9 Å². The van der Waals surface area contributed by atoms with E-state index < -0.39 is 11.8 Å². The van der Waals surface area contributed by atoms with Crippen molar-refractivity contribution in [3.63, 3.8) is 0 Å². The molecule has 1 aliphatic heterocycles. The molecule has 0 saturated heterocycles. The van der Waals surface area contributed by atoms with E-state index in [0.29, 0.717) is 41.6 Å². The Bertz CT molecular complexity index is 924. The number of fused-ring (bicyclic) bond motifs is 1. The number of methoxy groups -OCH3 is 1. The summed E-state index contributed by atoms with van der Waals surface area (Å²) in [6.45, 7) is 2.18. The molecular formula is C19H21N3O5S. The van der Waals surface area contributed by atoms with Gasteiger partial charge in [-0.15, -0.1) is 11.3 Å². The van der Waals surface area contributed by atoms with Gasteiger partial charge in [0.05, 0.1) is 19.2 Å². The zero-order valence-corrected chi connectivity index (χ0v) is 16.4. The molecule has 2 heterocycles. The number of rotatable bonds is 6. The van der Waals surface area contributed by atoms with Crippen molar-refractivity contribution in [2.75, 3.05) is 25.6 Å². The summed E-state index contributed by atoms with van der Waals surface area (Å²) in [5, 5.41) is 3.10. The van der Waals surface area contributed by atoms with E-state index in [1.807, 2.05) is 0 Å². The lowest BCUT2D eigenvalue weighted by atomic mass is 10.0. The van der Waals surface area contributed by atoms with Crippen LogP contribution in [-0.2, 0) is 22.6 Å². The Labute approximate surface area is 166 Å². The molecule has 0 unspecified atom stereocenters. The Morgan fingerprint density at radius 1 is 1.25 bits per heavy atom. The maximum atomic E-state index is 12.4. The number of nitrogens with one attached hydrogen (secondary N) is 1. The van der Waals surface area contributed by atoms with E-state index in [2.05, 4.69) is 5.32 Å². The number of thiophene rings is 1. The molecule has 3 rings (SSSR count). The van der Waals surface area contributed by atoms with Crippen LogP contribution in [0.25, 0.3) is 0 Å². The number of ether oxygens (including phenoxy) is 2. The number of anilines is 1. The van der Waals surface area contributed by atoms with Gasteiger partial charge in [0, 0.05) is 18.3 Å². The first-order valence-electron chi connectivity index (χ1n) is 8.66. The van der Waals surface area contributed by atoms with Crippen LogP contribution in [0, 0.1) is 0 Å². The highest BCUT2D eigenvalue weighted by Crippen LogP contribution is 2.37. The van der Waals surface area contributed by atoms with Gasteiger partial charge in [0.1, 0.15) is 5.00 Å². The van der Waals surface area contributed by atoms with Crippen LogP contribution in [0.5, 0.6) is 11.5 Å². The number of carbonyl (C=O) groups is 3. The summed E-state index contributed by atoms with van der Waals surface area (Å²) in [7, 11) is 1.52. The molecule has 9 heteroatoms. The molecular weight excluding hydrogens is 382 g/mol. The molecule has 8 nitrogen and oxygen atoms in total. The standard InChI is InChI=1S/C19H21N3O5S/c1-11(23)22-8-7-12-15(9-22)28-19(17(12)18(20)25)21-16(24)10-27-14-6-4-3-5-13(14)26-2/h3-6H,7-10H2,1-2H3,(H2,20,25)(H,21,24). The predicted octanol–water partition coefficient (Wildman–Crippen LogP) is 1.78. The minimum Gasteiger partial charge on any atom is -0.493 e. The second kappa shape index (κ2) is 8.30. The fraction of sp³-hybridized carbons (Fsp3) is 0.316. The number of hydrogen-bond donors (Lipinski definition) is 2. The summed E-state index contributed by atoms with van der Waals surface area (Å²) >= 11 is 1.26. The number of nitrogens with zero attached hydrogens (tertiary/aromatic N) is 1. The SMILES string of the molecule is COc1ccccc1OCC(=O)Nc1sc2c(c1C(N)=O)CCN(C(C)=O)C2. The lowest BCUT2D eigenvalue weighted by Gasteiger charge is -2.25. The number of primary amides is 1. The maximum Gasteiger partial charge on any atom is 0.262 e. The summed E-state index contributed by atoms with van der Waals surface area (Å²) in [6, 6.07) is 6.99. The molecule has 0 fully saturated rings. The predicted molar refractivity (Wildman–Crippen MR) is 105 cm³/mol. The van der Waals surface area contributed by atoms with Gasteiger partial charge in [0.2, 0.25) is 5.91 Å². The van der Waals surface area contributed by atoms with Gasteiger partial charge in [0.25, 0.3) is 11.8 Å². The first kappa shape index (κ1) is 19.7. The number of carbonyl (C=O) groups excluding carboxylic acids is 3. The van der Waals surface area contributed by atoms with E-state index >= 15 is 0 Å². The smallest absolute Gasteiger partial charge is 0.262 e. The molecule has 3 N–H and O–H groups in total. The van der Waals surface area contributed by atoms with Gasteiger partial charge in [-0.1, -0.05) is 12.1 Å². The average molecular weight is 403 g/mol. The van der Waals surface area contributed by atoms with E-state index in [9.17, 15) is 14.4 Å². The molecule has 148 valence electrons. The summed E-state index contributed by atoms with van der Waals surface area (Å²) in [4.78, 5) is 38.5. The number of amides is 3. The molecule has 0 atom stereocenters. The van der Waals surface area contributed by atoms with Crippen molar-refractivity contribution in [2.24, 2.45) is 5.73 Å². The summed E-state index contributed by atoms with van der Waals surface area (Å²) in [5.74, 6) is -0.0949. The maximum absolute atomic E-state index is 12.4. The van der Waals surface area contributed by atoms with Gasteiger partial charge < -0.3 is 25.4 Å². The van der Waals surface area contributed by atoms with E-state index in [-0.39, 0.29) is 12.5 Å². The van der Waals surface area contributed by atoms with Crippen molar-refractivity contribution < 1.29 is 23.9 Å². The highest BCUT2D eigenvalue weighted by Gasteiger charge is 2.28. The molecule has 0 bridgehead atoms. The third-order valence-electron chi connectivity index (χ3n) is 4.43. The lowest BCUT2D eigenvalue weighted by Crippen LogP contribution is -2.34. The molecule has 0 saturated carbocycles. The van der Waals surface area contributed by atoms with Crippen LogP contribution in [0.15, 0.2) is 24.3 Å². The van der Waals surface area contributed by atoms with Crippen LogP contribution in [0.3, 0.4) is 0 Å². The van der Waals surface area contributed by atoms with Crippen molar-refractivity contribution in [1.29, 1.82) is 0 Å². The van der Waals surface area contributed by atoms with Crippen molar-refractivity contribution >= 4 is 34.1 Å². The zero-order chi connectivity index (χ0) is 20.3. The number of nitrogens with two attached hydrogens (primary N) is 1. The minimum atomic E-state index is -0.602. The number of hydrogen-bond acceptors (Lipinski definition) is 6. The van der Waals surface area contributed by atoms with Crippen LogP contribution in [0.4, 0.5) is 5.00 Å². The Morgan fingerprint density at radius 3 is 2.61 bits per heavy atom. The van der Waals surface area contributed by atoms with Crippen LogP contribution >= 0.6 is 11.3 Å². The molecule has 0 spiro atoms. The van der Waals surface area contributed by atoms with Crippen LogP contribution in [0.2, 0.25) is 0 Å². The fourth-order valence-corrected chi connectivity index (χ4v) is 4.35. The van der Waals surface area contributed by atoms with Crippen LogP contribution < -0.4 is 20.5 Å². The molecule has 0 aliphatic carbocycles. The molecule has 1 aliphatic rings. The fourth-order valence-electron chi connectivity index (χ4n) is 3.07. The Hall–Kier alpha value is -3.07. The quantitative estimate of drug-likeness (QED) is 0.764. The Morgan fingerprint density at radius 2 is 1.96 bits per heavy atom. The minimum absolute atomic E-state index is 0.0320. The van der Waals surface area contributed by atoms with E-state index in [4.69, 9.17) is 15.2 Å². The van der Waals surface area contributed by atoms with E-state index in [1.54, 1.807) is 29.2 Å². The van der Waals surface area contributed by atoms with Crippen LogP contribution in [0.1, 0.15) is 27.7 Å². The molecule has 3 amide bonds. The lowest BCUT2D eigenvalue weighted by molar-refractivity contribution is -0.129. The van der Waals surface area contributed by atoms with Crippen molar-refractivity contribution in [2.45, 2.75) is 19.9 Å². The second-order valence-corrected chi connectivity index (χ2v) is 7.36. The summed E-state index contributed by atoms with van der Waals surface area (Å²) in [6.07, 6.45) is 0.525. The van der Waals surface area contributed by atoms with Gasteiger partial charge in [-0.05, 0) is 24.1 Å². The first-order valence-corrected chi connectivity index (χ1v) is 9.48. The summed E-state index contributed by atoms with van der Waals surface area (Å²) in [5.41, 5.74) is 6.66. The molecule has 1 aromatic heterocycles. The second-order valence-electron chi connectivity index (χ2n) is 6.25. The van der Waals surface area contributed by atoms with Crippen molar-refractivity contribution in [3.8, 4) is 11.5 Å². The largest absolute Gasteiger partial charge is 0.493 e. The van der Waals surface area contributed by atoms with Gasteiger partial charge in [0.15, 0.2) is 18.1 Å². The topological polar surface area (TPSA) is 111 Å². The Kier molecular flexibility index (Phi) is 5.84. The van der Waals surface area contributed by atoms with E-state index in [1.165, 1.54) is 25.4 Å². The third kappa shape index (κ3) is 4.09. The Balaban J connectivity index is 1.74.